The lowest BCUT2D eigenvalue weighted by Gasteiger charge is -2.22. The van der Waals surface area contributed by atoms with E-state index in [0.29, 0.717) is 12.3 Å². The topological polar surface area (TPSA) is 62.6 Å². The number of nitrogens with zero attached hydrogens (tertiary/aromatic N) is 1. The quantitative estimate of drug-likeness (QED) is 0.830. The van der Waals surface area contributed by atoms with Crippen LogP contribution in [0.1, 0.15) is 31.2 Å². The zero-order valence-electron chi connectivity index (χ0n) is 14.3. The van der Waals surface area contributed by atoms with Crippen molar-refractivity contribution in [2.24, 2.45) is 5.92 Å². The molecule has 2 aromatic rings. The van der Waals surface area contributed by atoms with Gasteiger partial charge >= 0.3 is 0 Å². The molecule has 7 heteroatoms. The van der Waals surface area contributed by atoms with E-state index >= 15 is 0 Å². The number of sulfonamides is 1. The summed E-state index contributed by atoms with van der Waals surface area (Å²) in [5.41, 5.74) is 0.971. The molecule has 5 nitrogen and oxygen atoms in total. The average Bonchev–Trinajstić information content (AvgIpc) is 2.98. The van der Waals surface area contributed by atoms with Gasteiger partial charge < -0.3 is 9.73 Å². The van der Waals surface area contributed by atoms with Crippen LogP contribution in [0, 0.1) is 11.7 Å². The molecule has 0 bridgehead atoms. The maximum atomic E-state index is 13.1. The number of rotatable bonds is 7. The molecule has 1 aromatic heterocycles. The molecule has 0 aliphatic rings. The van der Waals surface area contributed by atoms with Gasteiger partial charge in [-0.05, 0) is 35.7 Å². The van der Waals surface area contributed by atoms with Crippen LogP contribution >= 0.6 is 0 Å². The van der Waals surface area contributed by atoms with E-state index in [1.165, 1.54) is 32.3 Å². The minimum atomic E-state index is -3.57. The Hall–Kier alpha value is -1.70. The summed E-state index contributed by atoms with van der Waals surface area (Å²) in [6.07, 6.45) is 0. The Morgan fingerprint density at radius 1 is 1.12 bits per heavy atom. The molecule has 0 saturated carbocycles. The van der Waals surface area contributed by atoms with Gasteiger partial charge in [0.25, 0.3) is 10.0 Å². The van der Waals surface area contributed by atoms with Crippen molar-refractivity contribution in [1.29, 1.82) is 0 Å². The van der Waals surface area contributed by atoms with E-state index in [-0.39, 0.29) is 22.9 Å². The van der Waals surface area contributed by atoms with Gasteiger partial charge in [0, 0.05) is 20.1 Å². The van der Waals surface area contributed by atoms with Gasteiger partial charge in [-0.1, -0.05) is 26.0 Å². The number of benzene rings is 1. The van der Waals surface area contributed by atoms with Gasteiger partial charge in [0.05, 0.1) is 6.54 Å². The zero-order valence-corrected chi connectivity index (χ0v) is 15.1. The van der Waals surface area contributed by atoms with Gasteiger partial charge in [-0.3, -0.25) is 0 Å². The minimum Gasteiger partial charge on any atom is -0.447 e. The number of halogens is 1. The summed E-state index contributed by atoms with van der Waals surface area (Å²) in [6, 6.07) is 9.46. The van der Waals surface area contributed by atoms with E-state index in [0.717, 1.165) is 9.87 Å². The van der Waals surface area contributed by atoms with Crippen molar-refractivity contribution >= 4 is 10.0 Å². The summed E-state index contributed by atoms with van der Waals surface area (Å²) in [7, 11) is -0.656. The second-order valence-electron chi connectivity index (χ2n) is 6.16. The Balaban J connectivity index is 2.11. The van der Waals surface area contributed by atoms with Gasteiger partial charge in [0.1, 0.15) is 11.6 Å². The summed E-state index contributed by atoms with van der Waals surface area (Å²) < 4.78 is 43.7. The first-order chi connectivity index (χ1) is 11.2. The van der Waals surface area contributed by atoms with Crippen LogP contribution < -0.4 is 5.32 Å². The molecule has 0 unspecified atom stereocenters. The van der Waals surface area contributed by atoms with Crippen LogP contribution in [0.15, 0.2) is 45.9 Å². The molecule has 0 radical (unpaired) electrons. The first kappa shape index (κ1) is 18.6. The maximum absolute atomic E-state index is 13.1. The fraction of sp³-hybridized carbons (Fsp3) is 0.412. The van der Waals surface area contributed by atoms with Crippen molar-refractivity contribution in [3.8, 4) is 0 Å². The molecule has 0 spiro atoms. The zero-order chi connectivity index (χ0) is 17.9. The van der Waals surface area contributed by atoms with Gasteiger partial charge in [-0.15, -0.1) is 0 Å². The fourth-order valence-electron chi connectivity index (χ4n) is 2.39. The predicted molar refractivity (Wildman–Crippen MR) is 90.4 cm³/mol. The molecular formula is C17H23FN2O3S. The number of furan rings is 1. The van der Waals surface area contributed by atoms with E-state index in [1.807, 2.05) is 0 Å². The summed E-state index contributed by atoms with van der Waals surface area (Å²) in [6.45, 7) is 4.50. The lowest BCUT2D eigenvalue weighted by atomic mass is 9.96. The molecule has 0 amide bonds. The molecule has 1 heterocycles. The Kier molecular flexibility index (Phi) is 5.79. The van der Waals surface area contributed by atoms with Crippen molar-refractivity contribution < 1.29 is 17.2 Å². The molecule has 1 aromatic carbocycles. The molecule has 0 saturated heterocycles. The molecule has 24 heavy (non-hydrogen) atoms. The van der Waals surface area contributed by atoms with Crippen LogP contribution in [0.4, 0.5) is 4.39 Å². The molecule has 2 rings (SSSR count). The van der Waals surface area contributed by atoms with Crippen molar-refractivity contribution in [3.05, 3.63) is 53.5 Å². The first-order valence-corrected chi connectivity index (χ1v) is 9.16. The monoisotopic (exact) mass is 354 g/mol. The standard InChI is InChI=1S/C17H23FN2O3S/c1-12(2)17(13-5-7-14(18)8-6-13)19-11-15-9-10-16(23-15)24(21,22)20(3)4/h5-10,12,17,19H,11H2,1-4H3/t17-/m1/s1. The Labute approximate surface area is 142 Å². The third-order valence-electron chi connectivity index (χ3n) is 3.76. The lowest BCUT2D eigenvalue weighted by molar-refractivity contribution is 0.355. The fourth-order valence-corrected chi connectivity index (χ4v) is 3.20. The van der Waals surface area contributed by atoms with Crippen molar-refractivity contribution in [2.75, 3.05) is 14.1 Å². The molecule has 132 valence electrons. The van der Waals surface area contributed by atoms with Gasteiger partial charge in [0.15, 0.2) is 0 Å². The largest absolute Gasteiger partial charge is 0.447 e. The Bertz CT molecular complexity index is 767. The molecule has 1 N–H and O–H groups in total. The third-order valence-corrected chi connectivity index (χ3v) is 5.45. The smallest absolute Gasteiger partial charge is 0.275 e. The minimum absolute atomic E-state index is 0.00426. The first-order valence-electron chi connectivity index (χ1n) is 7.72. The van der Waals surface area contributed by atoms with Crippen LogP contribution in [0.25, 0.3) is 0 Å². The predicted octanol–water partition coefficient (Wildman–Crippen LogP) is 3.16. The van der Waals surface area contributed by atoms with Crippen molar-refractivity contribution in [2.45, 2.75) is 31.5 Å². The highest BCUT2D eigenvalue weighted by molar-refractivity contribution is 7.88. The summed E-state index contributed by atoms with van der Waals surface area (Å²) in [5, 5.41) is 3.26. The SMILES string of the molecule is CC(C)[C@@H](NCc1ccc(S(=O)(=O)N(C)C)o1)c1ccc(F)cc1. The van der Waals surface area contributed by atoms with Crippen LogP contribution in [0.2, 0.25) is 0 Å². The summed E-state index contributed by atoms with van der Waals surface area (Å²) in [5.74, 6) is 0.532. The molecule has 0 fully saturated rings. The molecular weight excluding hydrogens is 331 g/mol. The normalized spacial score (nSPS) is 13.6. The van der Waals surface area contributed by atoms with Crippen LogP contribution in [-0.2, 0) is 16.6 Å². The summed E-state index contributed by atoms with van der Waals surface area (Å²) >= 11 is 0. The number of hydrogen-bond donors (Lipinski definition) is 1. The van der Waals surface area contributed by atoms with E-state index in [4.69, 9.17) is 4.42 Å². The van der Waals surface area contributed by atoms with Gasteiger partial charge in [-0.2, -0.15) is 0 Å². The van der Waals surface area contributed by atoms with Gasteiger partial charge in [-0.25, -0.2) is 17.1 Å². The Morgan fingerprint density at radius 2 is 1.75 bits per heavy atom. The molecule has 1 atom stereocenters. The highest BCUT2D eigenvalue weighted by atomic mass is 32.2. The summed E-state index contributed by atoms with van der Waals surface area (Å²) in [4.78, 5) is 0. The van der Waals surface area contributed by atoms with E-state index in [2.05, 4.69) is 19.2 Å². The van der Waals surface area contributed by atoms with Crippen molar-refractivity contribution in [3.63, 3.8) is 0 Å². The lowest BCUT2D eigenvalue weighted by Crippen LogP contribution is -2.25. The van der Waals surface area contributed by atoms with E-state index in [9.17, 15) is 12.8 Å². The van der Waals surface area contributed by atoms with Crippen LogP contribution in [0.3, 0.4) is 0 Å². The van der Waals surface area contributed by atoms with Crippen LogP contribution in [-0.4, -0.2) is 26.8 Å². The molecule has 0 aliphatic heterocycles. The Morgan fingerprint density at radius 3 is 2.29 bits per heavy atom. The van der Waals surface area contributed by atoms with Crippen LogP contribution in [0.5, 0.6) is 0 Å². The van der Waals surface area contributed by atoms with Crippen molar-refractivity contribution in [1.82, 2.24) is 9.62 Å². The second kappa shape index (κ2) is 7.46. The van der Waals surface area contributed by atoms with Gasteiger partial charge in [0.2, 0.25) is 5.09 Å². The third kappa shape index (κ3) is 4.23. The average molecular weight is 354 g/mol. The highest BCUT2D eigenvalue weighted by Crippen LogP contribution is 2.23. The van der Waals surface area contributed by atoms with E-state index < -0.39 is 10.0 Å². The highest BCUT2D eigenvalue weighted by Gasteiger charge is 2.22. The maximum Gasteiger partial charge on any atom is 0.275 e. The number of nitrogens with one attached hydrogen (secondary N) is 1. The second-order valence-corrected chi connectivity index (χ2v) is 8.25. The molecule has 0 aliphatic carbocycles. The van der Waals surface area contributed by atoms with E-state index in [1.54, 1.807) is 18.2 Å². The number of hydrogen-bond acceptors (Lipinski definition) is 4.